The lowest BCUT2D eigenvalue weighted by molar-refractivity contribution is 0.0525. The topological polar surface area (TPSA) is 21.3 Å². The third-order valence-electron chi connectivity index (χ3n) is 3.97. The molecule has 112 valence electrons. The highest BCUT2D eigenvalue weighted by Gasteiger charge is 2.20. The number of benzene rings is 1. The van der Waals surface area contributed by atoms with Crippen molar-refractivity contribution in [1.82, 2.24) is 5.32 Å². The maximum absolute atomic E-state index is 6.03. The van der Waals surface area contributed by atoms with Gasteiger partial charge in [-0.05, 0) is 43.9 Å². The van der Waals surface area contributed by atoms with Crippen LogP contribution in [0, 0.1) is 6.92 Å². The van der Waals surface area contributed by atoms with E-state index in [-0.39, 0.29) is 6.10 Å². The van der Waals surface area contributed by atoms with Gasteiger partial charge in [0.15, 0.2) is 0 Å². The van der Waals surface area contributed by atoms with E-state index in [1.807, 2.05) is 17.4 Å². The zero-order valence-electron chi connectivity index (χ0n) is 12.8. The van der Waals surface area contributed by atoms with Crippen molar-refractivity contribution < 1.29 is 4.74 Å². The van der Waals surface area contributed by atoms with Gasteiger partial charge in [-0.25, -0.2) is 0 Å². The largest absolute Gasteiger partial charge is 0.369 e. The number of rotatable bonds is 7. The van der Waals surface area contributed by atoms with Crippen molar-refractivity contribution in [2.75, 3.05) is 0 Å². The normalized spacial score (nSPS) is 16.1. The molecule has 0 amide bonds. The lowest BCUT2D eigenvalue weighted by Crippen LogP contribution is -2.14. The van der Waals surface area contributed by atoms with Crippen LogP contribution in [-0.4, -0.2) is 6.04 Å². The highest BCUT2D eigenvalue weighted by molar-refractivity contribution is 7.12. The summed E-state index contributed by atoms with van der Waals surface area (Å²) in [5.74, 6) is 0. The van der Waals surface area contributed by atoms with Crippen molar-refractivity contribution in [1.29, 1.82) is 0 Å². The van der Waals surface area contributed by atoms with Crippen LogP contribution in [0.25, 0.3) is 0 Å². The molecule has 1 heterocycles. The summed E-state index contributed by atoms with van der Waals surface area (Å²) in [5.41, 5.74) is 2.57. The maximum atomic E-state index is 6.03. The minimum atomic E-state index is 0.138. The van der Waals surface area contributed by atoms with Crippen molar-refractivity contribution in [3.63, 3.8) is 0 Å². The lowest BCUT2D eigenvalue weighted by atomic mass is 10.1. The zero-order valence-corrected chi connectivity index (χ0v) is 13.6. The molecule has 3 rings (SSSR count). The fourth-order valence-electron chi connectivity index (χ4n) is 2.39. The van der Waals surface area contributed by atoms with Crippen molar-refractivity contribution >= 4 is 11.3 Å². The Morgan fingerprint density at radius 3 is 2.76 bits per heavy atom. The molecule has 1 atom stereocenters. The molecular weight excluding hydrogens is 278 g/mol. The molecule has 2 nitrogen and oxygen atoms in total. The predicted octanol–water partition coefficient (Wildman–Crippen LogP) is 4.59. The van der Waals surface area contributed by atoms with Gasteiger partial charge in [-0.1, -0.05) is 30.3 Å². The van der Waals surface area contributed by atoms with Gasteiger partial charge in [0.05, 0.1) is 12.7 Å². The molecule has 1 aliphatic carbocycles. The van der Waals surface area contributed by atoms with Crippen LogP contribution in [0.15, 0.2) is 36.4 Å². The average molecular weight is 301 g/mol. The van der Waals surface area contributed by atoms with Crippen LogP contribution in [0.2, 0.25) is 0 Å². The fourth-order valence-corrected chi connectivity index (χ4v) is 3.38. The van der Waals surface area contributed by atoms with Crippen LogP contribution in [0.1, 0.15) is 46.8 Å². The van der Waals surface area contributed by atoms with Gasteiger partial charge in [0.1, 0.15) is 0 Å². The smallest absolute Gasteiger partial charge is 0.0801 e. The molecule has 1 unspecified atom stereocenters. The van der Waals surface area contributed by atoms with Crippen LogP contribution >= 0.6 is 11.3 Å². The number of aryl methyl sites for hydroxylation is 1. The highest BCUT2D eigenvalue weighted by atomic mass is 32.1. The molecule has 1 N–H and O–H groups in total. The van der Waals surface area contributed by atoms with Crippen LogP contribution in [-0.2, 0) is 17.9 Å². The minimum absolute atomic E-state index is 0.138. The summed E-state index contributed by atoms with van der Waals surface area (Å²) < 4.78 is 6.03. The second-order valence-electron chi connectivity index (χ2n) is 5.81. The first-order valence-electron chi connectivity index (χ1n) is 7.70. The SMILES string of the molecule is Cc1sc(CNC2CC2)cc1COC(C)c1ccccc1. The summed E-state index contributed by atoms with van der Waals surface area (Å²) in [4.78, 5) is 2.80. The van der Waals surface area contributed by atoms with E-state index in [4.69, 9.17) is 4.74 Å². The standard InChI is InChI=1S/C18H23NOS/c1-13(15-6-4-3-5-7-15)20-12-16-10-18(21-14(16)2)11-19-17-8-9-17/h3-7,10,13,17,19H,8-9,11-12H2,1-2H3. The van der Waals surface area contributed by atoms with Gasteiger partial charge in [-0.3, -0.25) is 0 Å². The number of hydrogen-bond donors (Lipinski definition) is 1. The Kier molecular flexibility index (Phi) is 4.73. The number of ether oxygens (including phenoxy) is 1. The Hall–Kier alpha value is -1.16. The van der Waals surface area contributed by atoms with Crippen LogP contribution in [0.5, 0.6) is 0 Å². The van der Waals surface area contributed by atoms with Crippen molar-refractivity contribution in [2.24, 2.45) is 0 Å². The van der Waals surface area contributed by atoms with E-state index in [0.717, 1.165) is 12.6 Å². The van der Waals surface area contributed by atoms with E-state index in [2.05, 4.69) is 49.5 Å². The Morgan fingerprint density at radius 1 is 1.29 bits per heavy atom. The van der Waals surface area contributed by atoms with E-state index in [9.17, 15) is 0 Å². The average Bonchev–Trinajstić information content (AvgIpc) is 3.27. The zero-order chi connectivity index (χ0) is 14.7. The molecule has 1 aromatic heterocycles. The molecule has 3 heteroatoms. The monoisotopic (exact) mass is 301 g/mol. The van der Waals surface area contributed by atoms with Gasteiger partial charge in [-0.2, -0.15) is 0 Å². The number of nitrogens with one attached hydrogen (secondary N) is 1. The van der Waals surface area contributed by atoms with Crippen LogP contribution < -0.4 is 5.32 Å². The Labute approximate surface area is 131 Å². The quantitative estimate of drug-likeness (QED) is 0.808. The minimum Gasteiger partial charge on any atom is -0.369 e. The van der Waals surface area contributed by atoms with Crippen LogP contribution in [0.3, 0.4) is 0 Å². The molecule has 1 aromatic carbocycles. The molecule has 1 fully saturated rings. The predicted molar refractivity (Wildman–Crippen MR) is 88.6 cm³/mol. The van der Waals surface area contributed by atoms with Crippen molar-refractivity contribution in [2.45, 2.75) is 52.0 Å². The summed E-state index contributed by atoms with van der Waals surface area (Å²) >= 11 is 1.89. The first kappa shape index (κ1) is 14.8. The molecule has 2 aromatic rings. The van der Waals surface area contributed by atoms with Gasteiger partial charge in [-0.15, -0.1) is 11.3 Å². The summed E-state index contributed by atoms with van der Waals surface area (Å²) in [7, 11) is 0. The molecule has 0 bridgehead atoms. The van der Waals surface area contributed by atoms with Gasteiger partial charge < -0.3 is 10.1 Å². The summed E-state index contributed by atoms with van der Waals surface area (Å²) in [6.45, 7) is 6.01. The molecule has 0 aliphatic heterocycles. The molecule has 1 aliphatic rings. The van der Waals surface area contributed by atoms with E-state index in [1.54, 1.807) is 0 Å². The molecule has 21 heavy (non-hydrogen) atoms. The number of hydrogen-bond acceptors (Lipinski definition) is 3. The third-order valence-corrected chi connectivity index (χ3v) is 5.06. The third kappa shape index (κ3) is 4.16. The van der Waals surface area contributed by atoms with Gasteiger partial charge in [0, 0.05) is 22.3 Å². The van der Waals surface area contributed by atoms with E-state index < -0.39 is 0 Å². The van der Waals surface area contributed by atoms with E-state index in [1.165, 1.54) is 33.7 Å². The second-order valence-corrected chi connectivity index (χ2v) is 7.15. The Bertz CT molecular complexity index is 574. The molecular formula is C18H23NOS. The van der Waals surface area contributed by atoms with Crippen molar-refractivity contribution in [3.05, 3.63) is 57.3 Å². The summed E-state index contributed by atoms with van der Waals surface area (Å²) in [6, 6.07) is 13.5. The highest BCUT2D eigenvalue weighted by Crippen LogP contribution is 2.26. The Balaban J connectivity index is 1.54. The van der Waals surface area contributed by atoms with E-state index >= 15 is 0 Å². The lowest BCUT2D eigenvalue weighted by Gasteiger charge is -2.13. The van der Waals surface area contributed by atoms with E-state index in [0.29, 0.717) is 6.61 Å². The summed E-state index contributed by atoms with van der Waals surface area (Å²) in [6.07, 6.45) is 2.82. The first-order chi connectivity index (χ1) is 10.2. The summed E-state index contributed by atoms with van der Waals surface area (Å²) in [5, 5.41) is 3.57. The molecule has 0 spiro atoms. The number of thiophene rings is 1. The molecule has 0 saturated heterocycles. The second kappa shape index (κ2) is 6.73. The van der Waals surface area contributed by atoms with Crippen LogP contribution in [0.4, 0.5) is 0 Å². The van der Waals surface area contributed by atoms with Gasteiger partial charge >= 0.3 is 0 Å². The maximum Gasteiger partial charge on any atom is 0.0801 e. The van der Waals surface area contributed by atoms with Gasteiger partial charge in [0.25, 0.3) is 0 Å². The first-order valence-corrected chi connectivity index (χ1v) is 8.52. The van der Waals surface area contributed by atoms with Crippen molar-refractivity contribution in [3.8, 4) is 0 Å². The molecule has 0 radical (unpaired) electrons. The Morgan fingerprint density at radius 2 is 2.05 bits per heavy atom. The molecule has 1 saturated carbocycles. The van der Waals surface area contributed by atoms with Gasteiger partial charge in [0.2, 0.25) is 0 Å². The fraction of sp³-hybridized carbons (Fsp3) is 0.444.